The Morgan fingerprint density at radius 1 is 1.62 bits per heavy atom. The van der Waals surface area contributed by atoms with Crippen LogP contribution in [0.3, 0.4) is 0 Å². The monoisotopic (exact) mass is 202 g/mol. The number of nitrogens with two attached hydrogens (primary N) is 1. The Hall–Kier alpha value is -0.220. The molecule has 0 aliphatic carbocycles. The molecule has 0 spiro atoms. The van der Waals surface area contributed by atoms with E-state index in [0.29, 0.717) is 6.42 Å². The highest BCUT2D eigenvalue weighted by Gasteiger charge is 2.29. The average molecular weight is 202 g/mol. The summed E-state index contributed by atoms with van der Waals surface area (Å²) in [5, 5.41) is 0. The van der Waals surface area contributed by atoms with Crippen LogP contribution in [0.5, 0.6) is 0 Å². The van der Waals surface area contributed by atoms with Gasteiger partial charge in [-0.25, -0.2) is 0 Å². The molecule has 0 aromatic rings. The summed E-state index contributed by atoms with van der Waals surface area (Å²) in [7, 11) is 0. The third-order valence-electron chi connectivity index (χ3n) is 2.45. The van der Waals surface area contributed by atoms with E-state index in [1.807, 2.05) is 11.8 Å². The number of primary amides is 1. The molecule has 0 aromatic carbocycles. The van der Waals surface area contributed by atoms with Gasteiger partial charge in [0.05, 0.1) is 0 Å². The number of amides is 1. The second-order valence-corrected chi connectivity index (χ2v) is 5.17. The van der Waals surface area contributed by atoms with Gasteiger partial charge in [-0.05, 0) is 13.8 Å². The lowest BCUT2D eigenvalue weighted by atomic mass is 10.1. The van der Waals surface area contributed by atoms with Gasteiger partial charge in [0.15, 0.2) is 0 Å². The number of thioether (sulfide) groups is 1. The highest BCUT2D eigenvalue weighted by Crippen LogP contribution is 2.25. The van der Waals surface area contributed by atoms with Crippen molar-refractivity contribution in [2.24, 2.45) is 5.73 Å². The van der Waals surface area contributed by atoms with Gasteiger partial charge >= 0.3 is 0 Å². The summed E-state index contributed by atoms with van der Waals surface area (Å²) in [5.74, 6) is 2.11. The first-order valence-corrected chi connectivity index (χ1v) is 5.79. The van der Waals surface area contributed by atoms with Crippen LogP contribution >= 0.6 is 11.8 Å². The number of nitrogens with zero attached hydrogens (tertiary/aromatic N) is 1. The van der Waals surface area contributed by atoms with E-state index in [9.17, 15) is 4.79 Å². The number of carbonyl (C=O) groups is 1. The van der Waals surface area contributed by atoms with Gasteiger partial charge in [-0.15, -0.1) is 0 Å². The average Bonchev–Trinajstić information content (AvgIpc) is 2.01. The molecule has 1 amide bonds. The van der Waals surface area contributed by atoms with Crippen molar-refractivity contribution < 1.29 is 4.79 Å². The Morgan fingerprint density at radius 2 is 2.31 bits per heavy atom. The second kappa shape index (κ2) is 4.33. The highest BCUT2D eigenvalue weighted by atomic mass is 32.2. The number of carbonyl (C=O) groups excluding carboxylic acids is 1. The van der Waals surface area contributed by atoms with Crippen molar-refractivity contribution in [3.8, 4) is 0 Å². The van der Waals surface area contributed by atoms with Crippen LogP contribution in [0.25, 0.3) is 0 Å². The SMILES string of the molecule is CC1(C)CSCCN1CCC(N)=O. The van der Waals surface area contributed by atoms with Crippen LogP contribution in [0.1, 0.15) is 20.3 Å². The molecule has 0 atom stereocenters. The summed E-state index contributed by atoms with van der Waals surface area (Å²) in [6.45, 7) is 6.33. The van der Waals surface area contributed by atoms with Crippen LogP contribution in [0.15, 0.2) is 0 Å². The van der Waals surface area contributed by atoms with Gasteiger partial charge in [0.1, 0.15) is 0 Å². The van der Waals surface area contributed by atoms with Crippen molar-refractivity contribution in [2.45, 2.75) is 25.8 Å². The van der Waals surface area contributed by atoms with Crippen molar-refractivity contribution in [3.63, 3.8) is 0 Å². The number of hydrogen-bond donors (Lipinski definition) is 1. The summed E-state index contributed by atoms with van der Waals surface area (Å²) in [5.41, 5.74) is 5.35. The van der Waals surface area contributed by atoms with E-state index in [4.69, 9.17) is 5.73 Å². The summed E-state index contributed by atoms with van der Waals surface area (Å²) in [4.78, 5) is 13.0. The van der Waals surface area contributed by atoms with Crippen molar-refractivity contribution in [2.75, 3.05) is 24.6 Å². The van der Waals surface area contributed by atoms with Gasteiger partial charge in [0, 0.05) is 36.6 Å². The van der Waals surface area contributed by atoms with E-state index in [-0.39, 0.29) is 11.4 Å². The minimum Gasteiger partial charge on any atom is -0.370 e. The lowest BCUT2D eigenvalue weighted by Gasteiger charge is -2.41. The maximum atomic E-state index is 10.6. The van der Waals surface area contributed by atoms with Gasteiger partial charge in [0.25, 0.3) is 0 Å². The predicted octanol–water partition coefficient (Wildman–Crippen LogP) is 0.689. The Bertz CT molecular complexity index is 194. The van der Waals surface area contributed by atoms with Crippen LogP contribution in [-0.2, 0) is 4.79 Å². The van der Waals surface area contributed by atoms with Gasteiger partial charge < -0.3 is 5.73 Å². The molecule has 1 aliphatic rings. The normalized spacial score (nSPS) is 22.9. The third-order valence-corrected chi connectivity index (χ3v) is 3.83. The molecule has 0 saturated carbocycles. The molecule has 1 rings (SSSR count). The molecule has 0 unspecified atom stereocenters. The largest absolute Gasteiger partial charge is 0.370 e. The fourth-order valence-electron chi connectivity index (χ4n) is 1.55. The zero-order chi connectivity index (χ0) is 9.90. The van der Waals surface area contributed by atoms with Crippen LogP contribution in [0.4, 0.5) is 0 Å². The first-order valence-electron chi connectivity index (χ1n) is 4.63. The fourth-order valence-corrected chi connectivity index (χ4v) is 2.73. The van der Waals surface area contributed by atoms with Crippen molar-refractivity contribution in [3.05, 3.63) is 0 Å². The van der Waals surface area contributed by atoms with Crippen LogP contribution < -0.4 is 5.73 Å². The summed E-state index contributed by atoms with van der Waals surface area (Å²) < 4.78 is 0. The molecule has 0 aromatic heterocycles. The molecule has 1 saturated heterocycles. The van der Waals surface area contributed by atoms with Crippen LogP contribution in [-0.4, -0.2) is 40.9 Å². The topological polar surface area (TPSA) is 46.3 Å². The van der Waals surface area contributed by atoms with Gasteiger partial charge in [-0.1, -0.05) is 0 Å². The molecule has 2 N–H and O–H groups in total. The van der Waals surface area contributed by atoms with Crippen LogP contribution in [0.2, 0.25) is 0 Å². The molecule has 0 bridgehead atoms. The summed E-state index contributed by atoms with van der Waals surface area (Å²) >= 11 is 1.98. The molecule has 76 valence electrons. The summed E-state index contributed by atoms with van der Waals surface area (Å²) in [6, 6.07) is 0. The van der Waals surface area contributed by atoms with E-state index >= 15 is 0 Å². The number of rotatable bonds is 3. The molecule has 0 radical (unpaired) electrons. The van der Waals surface area contributed by atoms with E-state index in [1.165, 1.54) is 5.75 Å². The Morgan fingerprint density at radius 3 is 2.85 bits per heavy atom. The maximum absolute atomic E-state index is 10.6. The smallest absolute Gasteiger partial charge is 0.218 e. The Kier molecular flexibility index (Phi) is 3.62. The van der Waals surface area contributed by atoms with Gasteiger partial charge in [0.2, 0.25) is 5.91 Å². The van der Waals surface area contributed by atoms with E-state index in [0.717, 1.165) is 18.8 Å². The van der Waals surface area contributed by atoms with Gasteiger partial charge in [-0.3, -0.25) is 9.69 Å². The first-order chi connectivity index (χ1) is 6.02. The molecule has 3 nitrogen and oxygen atoms in total. The van der Waals surface area contributed by atoms with E-state index < -0.39 is 0 Å². The number of hydrogen-bond acceptors (Lipinski definition) is 3. The Balaban J connectivity index is 2.41. The van der Waals surface area contributed by atoms with Crippen molar-refractivity contribution >= 4 is 17.7 Å². The molecular weight excluding hydrogens is 184 g/mol. The lowest BCUT2D eigenvalue weighted by molar-refractivity contribution is -0.118. The maximum Gasteiger partial charge on any atom is 0.218 e. The van der Waals surface area contributed by atoms with Gasteiger partial charge in [-0.2, -0.15) is 11.8 Å². The quantitative estimate of drug-likeness (QED) is 0.732. The molecule has 1 fully saturated rings. The molecule has 1 aliphatic heterocycles. The van der Waals surface area contributed by atoms with Crippen molar-refractivity contribution in [1.29, 1.82) is 0 Å². The van der Waals surface area contributed by atoms with E-state index in [1.54, 1.807) is 0 Å². The minimum absolute atomic E-state index is 0.200. The molecule has 1 heterocycles. The molecule has 4 heteroatoms. The third kappa shape index (κ3) is 3.19. The standard InChI is InChI=1S/C9H18N2OS/c1-9(2)7-13-6-5-11(9)4-3-8(10)12/h3-7H2,1-2H3,(H2,10,12). The second-order valence-electron chi connectivity index (χ2n) is 4.07. The Labute approximate surface area is 84.0 Å². The minimum atomic E-state index is -0.200. The first kappa shape index (κ1) is 10.9. The molecule has 13 heavy (non-hydrogen) atoms. The molecular formula is C9H18N2OS. The highest BCUT2D eigenvalue weighted by molar-refractivity contribution is 7.99. The zero-order valence-electron chi connectivity index (χ0n) is 8.38. The van der Waals surface area contributed by atoms with E-state index in [2.05, 4.69) is 18.7 Å². The zero-order valence-corrected chi connectivity index (χ0v) is 9.19. The van der Waals surface area contributed by atoms with Crippen molar-refractivity contribution in [1.82, 2.24) is 4.90 Å². The summed E-state index contributed by atoms with van der Waals surface area (Å²) in [6.07, 6.45) is 0.480. The lowest BCUT2D eigenvalue weighted by Crippen LogP contribution is -2.51. The van der Waals surface area contributed by atoms with Crippen LogP contribution in [0, 0.1) is 0 Å². The fraction of sp³-hybridized carbons (Fsp3) is 0.889. The predicted molar refractivity (Wildman–Crippen MR) is 56.8 cm³/mol.